The number of benzene rings is 1. The number of hydrogen-bond acceptors (Lipinski definition) is 3. The van der Waals surface area contributed by atoms with Gasteiger partial charge in [-0.3, -0.25) is 9.89 Å². The van der Waals surface area contributed by atoms with E-state index < -0.39 is 6.10 Å². The van der Waals surface area contributed by atoms with E-state index in [1.54, 1.807) is 12.1 Å². The van der Waals surface area contributed by atoms with Gasteiger partial charge in [0.2, 0.25) is 0 Å². The number of likely N-dealkylation sites (tertiary alicyclic amines) is 1. The van der Waals surface area contributed by atoms with E-state index in [4.69, 9.17) is 11.6 Å². The molecule has 2 aromatic rings. The van der Waals surface area contributed by atoms with E-state index in [1.165, 1.54) is 0 Å². The van der Waals surface area contributed by atoms with Gasteiger partial charge in [0.15, 0.2) is 0 Å². The third-order valence-electron chi connectivity index (χ3n) is 4.72. The van der Waals surface area contributed by atoms with Gasteiger partial charge in [0.05, 0.1) is 6.10 Å². The Bertz CT molecular complexity index is 691. The first-order chi connectivity index (χ1) is 11.6. The number of amides is 1. The van der Waals surface area contributed by atoms with Gasteiger partial charge in [0, 0.05) is 23.8 Å². The van der Waals surface area contributed by atoms with Gasteiger partial charge < -0.3 is 10.0 Å². The van der Waals surface area contributed by atoms with Crippen molar-refractivity contribution in [1.29, 1.82) is 0 Å². The molecule has 1 saturated heterocycles. The van der Waals surface area contributed by atoms with E-state index in [2.05, 4.69) is 10.2 Å². The van der Waals surface area contributed by atoms with Crippen molar-refractivity contribution in [2.75, 3.05) is 13.1 Å². The van der Waals surface area contributed by atoms with Gasteiger partial charge in [0.1, 0.15) is 5.69 Å². The molecule has 1 fully saturated rings. The molecular weight excluding hydrogens is 326 g/mol. The van der Waals surface area contributed by atoms with Crippen LogP contribution in [0.2, 0.25) is 5.02 Å². The average Bonchev–Trinajstić information content (AvgIpc) is 3.10. The number of aromatic amines is 1. The van der Waals surface area contributed by atoms with Crippen molar-refractivity contribution in [3.05, 3.63) is 52.3 Å². The lowest BCUT2D eigenvalue weighted by Gasteiger charge is -2.34. The van der Waals surface area contributed by atoms with Gasteiger partial charge in [-0.2, -0.15) is 5.10 Å². The topological polar surface area (TPSA) is 69.2 Å². The number of hydrogen-bond donors (Lipinski definition) is 2. The highest BCUT2D eigenvalue weighted by Gasteiger charge is 2.29. The highest BCUT2D eigenvalue weighted by molar-refractivity contribution is 6.30. The van der Waals surface area contributed by atoms with E-state index in [0.717, 1.165) is 30.5 Å². The Hall–Kier alpha value is -1.85. The molecule has 2 N–H and O–H groups in total. The van der Waals surface area contributed by atoms with Crippen LogP contribution in [0.4, 0.5) is 0 Å². The predicted molar refractivity (Wildman–Crippen MR) is 93.0 cm³/mol. The van der Waals surface area contributed by atoms with Crippen LogP contribution in [-0.4, -0.2) is 39.2 Å². The summed E-state index contributed by atoms with van der Waals surface area (Å²) in [6.07, 6.45) is 1.87. The Balaban J connectivity index is 1.58. The minimum absolute atomic E-state index is 0.0367. The number of H-pyrrole nitrogens is 1. The zero-order valence-electron chi connectivity index (χ0n) is 13.7. The largest absolute Gasteiger partial charge is 0.388 e. The van der Waals surface area contributed by atoms with Crippen LogP contribution in [0.15, 0.2) is 30.3 Å². The lowest BCUT2D eigenvalue weighted by molar-refractivity contribution is 0.0458. The summed E-state index contributed by atoms with van der Waals surface area (Å²) >= 11 is 5.89. The summed E-state index contributed by atoms with van der Waals surface area (Å²) in [5, 5.41) is 18.2. The molecule has 1 amide bonds. The monoisotopic (exact) mass is 347 g/mol. The quantitative estimate of drug-likeness (QED) is 0.892. The number of aryl methyl sites for hydroxylation is 1. The SMILES string of the molecule is CCc1cc(C(=O)N2CCC(C(O)c3ccc(Cl)cc3)CC2)n[nH]1. The van der Waals surface area contributed by atoms with Crippen LogP contribution in [0, 0.1) is 5.92 Å². The van der Waals surface area contributed by atoms with Crippen molar-refractivity contribution in [3.8, 4) is 0 Å². The molecule has 0 saturated carbocycles. The molecule has 5 nitrogen and oxygen atoms in total. The molecule has 1 atom stereocenters. The van der Waals surface area contributed by atoms with Gasteiger partial charge in [0.25, 0.3) is 5.91 Å². The first-order valence-electron chi connectivity index (χ1n) is 8.35. The first-order valence-corrected chi connectivity index (χ1v) is 8.73. The van der Waals surface area contributed by atoms with E-state index in [-0.39, 0.29) is 11.8 Å². The van der Waals surface area contributed by atoms with Gasteiger partial charge in [-0.15, -0.1) is 0 Å². The standard InChI is InChI=1S/C18H22ClN3O2/c1-2-15-11-16(21-20-15)18(24)22-9-7-13(8-10-22)17(23)12-3-5-14(19)6-4-12/h3-6,11,13,17,23H,2,7-10H2,1H3,(H,20,21). The highest BCUT2D eigenvalue weighted by atomic mass is 35.5. The minimum Gasteiger partial charge on any atom is -0.388 e. The molecule has 2 heterocycles. The average molecular weight is 348 g/mol. The molecule has 0 radical (unpaired) electrons. The Labute approximate surface area is 146 Å². The summed E-state index contributed by atoms with van der Waals surface area (Å²) in [6, 6.07) is 9.13. The molecule has 0 spiro atoms. The number of carbonyl (C=O) groups is 1. The summed E-state index contributed by atoms with van der Waals surface area (Å²) in [5.41, 5.74) is 2.32. The van der Waals surface area contributed by atoms with E-state index in [0.29, 0.717) is 23.8 Å². The minimum atomic E-state index is -0.517. The Morgan fingerprint density at radius 1 is 1.38 bits per heavy atom. The third kappa shape index (κ3) is 3.62. The summed E-state index contributed by atoms with van der Waals surface area (Å²) in [5.74, 6) is 0.117. The number of piperidine rings is 1. The molecule has 0 bridgehead atoms. The molecule has 1 aliphatic heterocycles. The number of carbonyl (C=O) groups excluding carboxylic acids is 1. The van der Waals surface area contributed by atoms with Crippen molar-refractivity contribution >= 4 is 17.5 Å². The van der Waals surface area contributed by atoms with Gasteiger partial charge in [-0.1, -0.05) is 30.7 Å². The van der Waals surface area contributed by atoms with E-state index in [1.807, 2.05) is 30.0 Å². The van der Waals surface area contributed by atoms with Gasteiger partial charge in [-0.05, 0) is 48.9 Å². The van der Waals surface area contributed by atoms with E-state index >= 15 is 0 Å². The molecule has 24 heavy (non-hydrogen) atoms. The zero-order valence-corrected chi connectivity index (χ0v) is 14.5. The molecule has 1 aromatic heterocycles. The number of halogens is 1. The number of aliphatic hydroxyl groups is 1. The molecule has 1 aromatic carbocycles. The van der Waals surface area contributed by atoms with Crippen LogP contribution in [0.25, 0.3) is 0 Å². The number of rotatable bonds is 4. The fourth-order valence-corrected chi connectivity index (χ4v) is 3.29. The molecule has 0 aliphatic carbocycles. The van der Waals surface area contributed by atoms with Crippen LogP contribution >= 0.6 is 11.6 Å². The Morgan fingerprint density at radius 3 is 2.62 bits per heavy atom. The maximum absolute atomic E-state index is 12.5. The second-order valence-corrected chi connectivity index (χ2v) is 6.69. The smallest absolute Gasteiger partial charge is 0.274 e. The van der Waals surface area contributed by atoms with E-state index in [9.17, 15) is 9.90 Å². The van der Waals surface area contributed by atoms with Crippen LogP contribution < -0.4 is 0 Å². The fraction of sp³-hybridized carbons (Fsp3) is 0.444. The Kier molecular flexibility index (Phi) is 5.21. The second-order valence-electron chi connectivity index (χ2n) is 6.26. The summed E-state index contributed by atoms with van der Waals surface area (Å²) in [7, 11) is 0. The van der Waals surface area contributed by atoms with Crippen LogP contribution in [0.1, 0.15) is 47.6 Å². The molecule has 1 aliphatic rings. The van der Waals surface area contributed by atoms with Crippen molar-refractivity contribution in [2.45, 2.75) is 32.3 Å². The molecule has 3 rings (SSSR count). The third-order valence-corrected chi connectivity index (χ3v) is 4.97. The van der Waals surface area contributed by atoms with Crippen molar-refractivity contribution < 1.29 is 9.90 Å². The summed E-state index contributed by atoms with van der Waals surface area (Å²) < 4.78 is 0. The normalized spacial score (nSPS) is 17.0. The van der Waals surface area contributed by atoms with Crippen molar-refractivity contribution in [2.24, 2.45) is 5.92 Å². The van der Waals surface area contributed by atoms with Crippen molar-refractivity contribution in [3.63, 3.8) is 0 Å². The number of aliphatic hydroxyl groups excluding tert-OH is 1. The molecular formula is C18H22ClN3O2. The summed E-state index contributed by atoms with van der Waals surface area (Å²) in [6.45, 7) is 3.30. The lowest BCUT2D eigenvalue weighted by Crippen LogP contribution is -2.40. The van der Waals surface area contributed by atoms with Crippen LogP contribution in [-0.2, 0) is 6.42 Å². The zero-order chi connectivity index (χ0) is 17.1. The number of nitrogens with zero attached hydrogens (tertiary/aromatic N) is 2. The fourth-order valence-electron chi connectivity index (χ4n) is 3.16. The predicted octanol–water partition coefficient (Wildman–Crippen LogP) is 3.21. The molecule has 128 valence electrons. The maximum Gasteiger partial charge on any atom is 0.274 e. The number of aromatic nitrogens is 2. The molecule has 6 heteroatoms. The van der Waals surface area contributed by atoms with Gasteiger partial charge >= 0.3 is 0 Å². The van der Waals surface area contributed by atoms with Crippen LogP contribution in [0.3, 0.4) is 0 Å². The second kappa shape index (κ2) is 7.36. The summed E-state index contributed by atoms with van der Waals surface area (Å²) in [4.78, 5) is 14.3. The first kappa shape index (κ1) is 17.0. The highest BCUT2D eigenvalue weighted by Crippen LogP contribution is 2.31. The Morgan fingerprint density at radius 2 is 2.04 bits per heavy atom. The molecule has 1 unspecified atom stereocenters. The van der Waals surface area contributed by atoms with Crippen molar-refractivity contribution in [1.82, 2.24) is 15.1 Å². The van der Waals surface area contributed by atoms with Gasteiger partial charge in [-0.25, -0.2) is 0 Å². The number of nitrogens with one attached hydrogen (secondary N) is 1. The maximum atomic E-state index is 12.5. The lowest BCUT2D eigenvalue weighted by atomic mass is 9.87. The van der Waals surface area contributed by atoms with Crippen LogP contribution in [0.5, 0.6) is 0 Å².